The fourth-order valence-corrected chi connectivity index (χ4v) is 0. The van der Waals surface area contributed by atoms with Crippen molar-refractivity contribution in [3.63, 3.8) is 0 Å². The van der Waals surface area contributed by atoms with Gasteiger partial charge in [0.15, 0.2) is 17.4 Å². The summed E-state index contributed by atoms with van der Waals surface area (Å²) >= 11 is 0. The molecule has 0 rings (SSSR count). The summed E-state index contributed by atoms with van der Waals surface area (Å²) in [6, 6.07) is 0. The van der Waals surface area contributed by atoms with Crippen molar-refractivity contribution in [1.82, 2.24) is 0 Å². The summed E-state index contributed by atoms with van der Waals surface area (Å²) in [5.41, 5.74) is 0. The van der Waals surface area contributed by atoms with Gasteiger partial charge in [-0.2, -0.15) is 0 Å². The molecule has 2 radical (unpaired) electrons. The Labute approximate surface area is 60.7 Å². The molecule has 20 valence electrons. The molecule has 0 heterocycles. The Morgan fingerprint density at radius 1 is 1.50 bits per heavy atom. The summed E-state index contributed by atoms with van der Waals surface area (Å²) in [5.74, 6) is 0. The Morgan fingerprint density at radius 2 is 1.50 bits per heavy atom. The van der Waals surface area contributed by atoms with E-state index in [2.05, 4.69) is 7.44 Å². The van der Waals surface area contributed by atoms with Gasteiger partial charge in [0, 0.05) is 7.44 Å². The minimum Gasteiger partial charge on any atom is -1.00 e. The van der Waals surface area contributed by atoms with E-state index in [9.17, 15) is 0 Å². The zero-order valence-electron chi connectivity index (χ0n) is 4.28. The van der Waals surface area contributed by atoms with Crippen LogP contribution in [0.1, 0.15) is 2.85 Å². The van der Waals surface area contributed by atoms with Crippen molar-refractivity contribution in [2.24, 2.45) is 0 Å². The number of rotatable bonds is 0. The molecule has 0 bridgehead atoms. The zero-order valence-corrected chi connectivity index (χ0v) is 5.70. The molecule has 0 unspecified atom stereocenters. The first-order valence-electron chi connectivity index (χ1n) is 0.577. The fourth-order valence-electron chi connectivity index (χ4n) is 0. The molecule has 0 spiro atoms. The Morgan fingerprint density at radius 3 is 1.50 bits per heavy atom. The second kappa shape index (κ2) is 23.5. The van der Waals surface area contributed by atoms with Crippen molar-refractivity contribution in [1.29, 1.82) is 0 Å². The number of hydrogen-bond acceptors (Lipinski definition) is 0. The van der Waals surface area contributed by atoms with Gasteiger partial charge in [0.25, 0.3) is 0 Å². The zero-order chi connectivity index (χ0) is 2.00. The third-order valence-corrected chi connectivity index (χ3v) is 0. The molecule has 0 aromatic heterocycles. The van der Waals surface area contributed by atoms with E-state index in [1.165, 1.54) is 0 Å². The van der Waals surface area contributed by atoms with Crippen LogP contribution < -0.4 is 0 Å². The Hall–Kier alpha value is 1.58. The van der Waals surface area contributed by atoms with Crippen LogP contribution in [0, 0.1) is 0 Å². The first-order valence-corrected chi connectivity index (χ1v) is 1.73. The summed E-state index contributed by atoms with van der Waals surface area (Å²) < 4.78 is 0. The van der Waals surface area contributed by atoms with Gasteiger partial charge in [0.05, 0.1) is 0 Å². The molecule has 0 nitrogen and oxygen atoms in total. The number of hydrogen-bond donors (Lipinski definition) is 0. The average Bonchev–Trinajstić information content (AvgIpc) is 1.00. The molecule has 0 fully saturated rings. The molecule has 0 aromatic carbocycles. The minimum atomic E-state index is 0. The van der Waals surface area contributed by atoms with Crippen LogP contribution in [0.3, 0.4) is 0 Å². The van der Waals surface area contributed by atoms with E-state index in [0.717, 1.165) is 10.1 Å². The van der Waals surface area contributed by atoms with Crippen molar-refractivity contribution < 1.29 is 2.85 Å². The van der Waals surface area contributed by atoms with Crippen molar-refractivity contribution in [3.8, 4) is 0 Å². The van der Waals surface area contributed by atoms with Gasteiger partial charge in [0.2, 0.25) is 0 Å². The molecule has 0 aliphatic carbocycles. The Bertz CT molecular complexity index is 13.5. The first kappa shape index (κ1) is 17.6. The summed E-state index contributed by atoms with van der Waals surface area (Å²) in [5, 5.41) is 0. The third-order valence-electron chi connectivity index (χ3n) is 0. The van der Waals surface area contributed by atoms with Crippen LogP contribution in [0.25, 0.3) is 0 Å². The van der Waals surface area contributed by atoms with Crippen molar-refractivity contribution in [2.45, 2.75) is 0 Å². The predicted molar refractivity (Wildman–Crippen MR) is 33.6 cm³/mol. The van der Waals surface area contributed by atoms with E-state index < -0.39 is 0 Å². The van der Waals surface area contributed by atoms with Crippen molar-refractivity contribution in [3.05, 3.63) is 0 Å². The van der Waals surface area contributed by atoms with Crippen LogP contribution in [0.15, 0.2) is 0 Å². The Balaban J connectivity index is -0.000000000833. The van der Waals surface area contributed by atoms with Crippen LogP contribution in [-0.4, -0.2) is 58.0 Å². The van der Waals surface area contributed by atoms with Crippen LogP contribution >= 0.6 is 0 Å². The van der Waals surface area contributed by atoms with E-state index in [4.69, 9.17) is 0 Å². The first-order chi connectivity index (χ1) is 1.00. The molecule has 0 aliphatic rings. The molecule has 4 heavy (non-hydrogen) atoms. The van der Waals surface area contributed by atoms with Gasteiger partial charge in [-0.1, -0.05) is 0 Å². The molecule has 0 amide bonds. The molecule has 4 heteroatoms. The van der Waals surface area contributed by atoms with Gasteiger partial charge in [-0.25, -0.2) is 0 Å². The van der Waals surface area contributed by atoms with Crippen molar-refractivity contribution >= 4 is 58.0 Å². The minimum absolute atomic E-state index is 0. The van der Waals surface area contributed by atoms with Crippen LogP contribution in [0.4, 0.5) is 0 Å². The maximum absolute atomic E-state index is 4.64. The smallest absolute Gasteiger partial charge is 1.00 e. The van der Waals surface area contributed by atoms with Gasteiger partial charge in [-0.15, -0.1) is 0 Å². The van der Waals surface area contributed by atoms with Gasteiger partial charge in [-0.3, -0.25) is 0 Å². The van der Waals surface area contributed by atoms with Crippen LogP contribution in [0.5, 0.6) is 0 Å². The van der Waals surface area contributed by atoms with Gasteiger partial charge in [0.1, 0.15) is 0 Å². The summed E-state index contributed by atoms with van der Waals surface area (Å²) in [7, 11) is 5.44. The summed E-state index contributed by atoms with van der Waals surface area (Å²) in [6.45, 7) is 0. The molecule has 0 aliphatic heterocycles. The SMILES string of the molecule is [AlH3].[B][SiH3].[H-].[H-].[Mg+2]. The van der Waals surface area contributed by atoms with Gasteiger partial charge < -0.3 is 2.85 Å². The van der Waals surface area contributed by atoms with E-state index in [-0.39, 0.29) is 43.3 Å². The van der Waals surface area contributed by atoms with Gasteiger partial charge in [-0.05, 0) is 10.1 Å². The summed E-state index contributed by atoms with van der Waals surface area (Å²) in [4.78, 5) is 0. The molecule has 0 saturated heterocycles. The van der Waals surface area contributed by atoms with Crippen LogP contribution in [-0.2, 0) is 0 Å². The summed E-state index contributed by atoms with van der Waals surface area (Å²) in [6.07, 6.45) is 0. The van der Waals surface area contributed by atoms with E-state index in [1.54, 1.807) is 0 Å². The normalized spacial score (nSPS) is 2.00. The molecular formula is H8AlBMgSi. The van der Waals surface area contributed by atoms with E-state index in [1.807, 2.05) is 0 Å². The second-order valence-corrected chi connectivity index (χ2v) is 0. The fraction of sp³-hybridized carbons (Fsp3) is 0. The monoisotopic (exact) mass is 98.0 g/mol. The second-order valence-electron chi connectivity index (χ2n) is 0. The van der Waals surface area contributed by atoms with Crippen LogP contribution in [0.2, 0.25) is 0 Å². The molecule has 0 aromatic rings. The van der Waals surface area contributed by atoms with E-state index >= 15 is 0 Å². The van der Waals surface area contributed by atoms with Gasteiger partial charge >= 0.3 is 23.1 Å². The standard InChI is InChI=1S/Al.BH3Si.Mg.5H/c;1-2;;;;;;/h;2H3;;;;;;/q;;+2;;;;2*-1. The largest absolute Gasteiger partial charge is 2.00 e. The molecular weight excluding hydrogens is 90.2 g/mol. The Kier molecular flexibility index (Phi) is 103. The van der Waals surface area contributed by atoms with Crippen molar-refractivity contribution in [2.75, 3.05) is 0 Å². The maximum Gasteiger partial charge on any atom is 2.00 e. The molecule has 0 N–H and O–H groups in total. The topological polar surface area (TPSA) is 0 Å². The molecule has 0 atom stereocenters. The van der Waals surface area contributed by atoms with E-state index in [0.29, 0.717) is 0 Å². The molecule has 0 saturated carbocycles. The third kappa shape index (κ3) is 9.54. The predicted octanol–water partition coefficient (Wildman–Crippen LogP) is -2.90. The quantitative estimate of drug-likeness (QED) is 0.285. The maximum atomic E-state index is 4.64. The average molecular weight is 98.2 g/mol.